The molecule has 0 spiro atoms. The second-order valence-electron chi connectivity index (χ2n) is 4.18. The highest BCUT2D eigenvalue weighted by molar-refractivity contribution is 9.10. The number of rotatable bonds is 4. The molecule has 2 N–H and O–H groups in total. The minimum absolute atomic E-state index is 0.175. The highest BCUT2D eigenvalue weighted by Gasteiger charge is 2.11. The van der Waals surface area contributed by atoms with Gasteiger partial charge >= 0.3 is 0 Å². The van der Waals surface area contributed by atoms with E-state index in [1.54, 1.807) is 12.1 Å². The summed E-state index contributed by atoms with van der Waals surface area (Å²) in [5.41, 5.74) is 5.54. The molecule has 0 aliphatic heterocycles. The number of hydrogen-bond acceptors (Lipinski definition) is 4. The molecule has 0 saturated heterocycles. The van der Waals surface area contributed by atoms with Gasteiger partial charge < -0.3 is 4.74 Å². The van der Waals surface area contributed by atoms with Gasteiger partial charge in [-0.15, -0.1) is 11.3 Å². The number of ether oxygens (including phenoxy) is 1. The van der Waals surface area contributed by atoms with Crippen LogP contribution in [-0.2, 0) is 4.79 Å². The van der Waals surface area contributed by atoms with Crippen LogP contribution in [0.15, 0.2) is 40.2 Å². The summed E-state index contributed by atoms with van der Waals surface area (Å²) in [7, 11) is 0. The summed E-state index contributed by atoms with van der Waals surface area (Å²) in [5.74, 6) is -0.186. The Morgan fingerprint density at radius 2 is 1.90 bits per heavy atom. The SMILES string of the molecule is Cc1ccsc1C(=O)NNC(=O)COc1ccc(Br)cc1. The summed E-state index contributed by atoms with van der Waals surface area (Å²) < 4.78 is 6.22. The van der Waals surface area contributed by atoms with Gasteiger partial charge in [-0.3, -0.25) is 20.4 Å². The number of thiophene rings is 1. The molecule has 0 unspecified atom stereocenters. The largest absolute Gasteiger partial charge is 0.484 e. The van der Waals surface area contributed by atoms with Crippen molar-refractivity contribution in [2.24, 2.45) is 0 Å². The fourth-order valence-electron chi connectivity index (χ4n) is 1.50. The third kappa shape index (κ3) is 4.57. The lowest BCUT2D eigenvalue weighted by atomic mass is 10.3. The Hall–Kier alpha value is -1.86. The van der Waals surface area contributed by atoms with Crippen LogP contribution in [0.1, 0.15) is 15.2 Å². The van der Waals surface area contributed by atoms with E-state index in [0.29, 0.717) is 10.6 Å². The highest BCUT2D eigenvalue weighted by atomic mass is 79.9. The van der Waals surface area contributed by atoms with Gasteiger partial charge in [-0.25, -0.2) is 0 Å². The van der Waals surface area contributed by atoms with Crippen molar-refractivity contribution < 1.29 is 14.3 Å². The van der Waals surface area contributed by atoms with Crippen molar-refractivity contribution in [1.82, 2.24) is 10.9 Å². The number of halogens is 1. The van der Waals surface area contributed by atoms with Crippen LogP contribution in [0.3, 0.4) is 0 Å². The Bertz CT molecular complexity index is 640. The van der Waals surface area contributed by atoms with E-state index in [2.05, 4.69) is 26.8 Å². The Morgan fingerprint density at radius 3 is 2.52 bits per heavy atom. The van der Waals surface area contributed by atoms with E-state index in [1.165, 1.54) is 11.3 Å². The predicted molar refractivity (Wildman–Crippen MR) is 84.3 cm³/mol. The summed E-state index contributed by atoms with van der Waals surface area (Å²) in [4.78, 5) is 23.9. The molecule has 2 amide bonds. The summed E-state index contributed by atoms with van der Waals surface area (Å²) in [6.45, 7) is 1.66. The second kappa shape index (κ2) is 7.24. The number of aryl methyl sites for hydroxylation is 1. The summed E-state index contributed by atoms with van der Waals surface area (Å²) in [5, 5.41) is 1.82. The molecule has 1 aromatic heterocycles. The molecule has 110 valence electrons. The predicted octanol–water partition coefficient (Wildman–Crippen LogP) is 2.66. The monoisotopic (exact) mass is 368 g/mol. The van der Waals surface area contributed by atoms with E-state index in [9.17, 15) is 9.59 Å². The van der Waals surface area contributed by atoms with Gasteiger partial charge in [0.25, 0.3) is 11.8 Å². The number of nitrogens with one attached hydrogen (secondary N) is 2. The van der Waals surface area contributed by atoms with Crippen LogP contribution in [0, 0.1) is 6.92 Å². The van der Waals surface area contributed by atoms with E-state index >= 15 is 0 Å². The fraction of sp³-hybridized carbons (Fsp3) is 0.143. The highest BCUT2D eigenvalue weighted by Crippen LogP contribution is 2.16. The van der Waals surface area contributed by atoms with Crippen molar-refractivity contribution in [3.63, 3.8) is 0 Å². The van der Waals surface area contributed by atoms with Gasteiger partial charge in [0.05, 0.1) is 4.88 Å². The van der Waals surface area contributed by atoms with Crippen molar-refractivity contribution in [3.05, 3.63) is 50.6 Å². The fourth-order valence-corrected chi connectivity index (χ4v) is 2.59. The number of amides is 2. The molecule has 1 aromatic carbocycles. The van der Waals surface area contributed by atoms with Gasteiger partial charge in [0, 0.05) is 4.47 Å². The first-order valence-electron chi connectivity index (χ1n) is 6.08. The lowest BCUT2D eigenvalue weighted by Gasteiger charge is -2.08. The molecule has 1 heterocycles. The van der Waals surface area contributed by atoms with E-state index in [0.717, 1.165) is 10.0 Å². The van der Waals surface area contributed by atoms with Crippen molar-refractivity contribution in [2.75, 3.05) is 6.61 Å². The molecule has 5 nitrogen and oxygen atoms in total. The second-order valence-corrected chi connectivity index (χ2v) is 6.01. The van der Waals surface area contributed by atoms with Crippen LogP contribution < -0.4 is 15.6 Å². The topological polar surface area (TPSA) is 67.4 Å². The van der Waals surface area contributed by atoms with Crippen molar-refractivity contribution in [1.29, 1.82) is 0 Å². The Morgan fingerprint density at radius 1 is 1.19 bits per heavy atom. The third-order valence-corrected chi connectivity index (χ3v) is 4.11. The van der Waals surface area contributed by atoms with Gasteiger partial charge in [-0.2, -0.15) is 0 Å². The van der Waals surface area contributed by atoms with Crippen LogP contribution >= 0.6 is 27.3 Å². The summed E-state index contributed by atoms with van der Waals surface area (Å²) in [6.07, 6.45) is 0. The molecule has 7 heteroatoms. The van der Waals surface area contributed by atoms with Gasteiger partial charge in [0.15, 0.2) is 6.61 Å². The van der Waals surface area contributed by atoms with Crippen LogP contribution in [0.5, 0.6) is 5.75 Å². The zero-order valence-corrected chi connectivity index (χ0v) is 13.6. The molecule has 2 aromatic rings. The molecule has 0 atom stereocenters. The number of benzene rings is 1. The van der Waals surface area contributed by atoms with E-state index < -0.39 is 5.91 Å². The quantitative estimate of drug-likeness (QED) is 0.815. The molecule has 0 aliphatic carbocycles. The van der Waals surface area contributed by atoms with Crippen LogP contribution in [-0.4, -0.2) is 18.4 Å². The first-order chi connectivity index (χ1) is 10.1. The minimum atomic E-state index is -0.430. The number of hydrogen-bond donors (Lipinski definition) is 2. The molecular weight excluding hydrogens is 356 g/mol. The first kappa shape index (κ1) is 15.5. The molecule has 0 radical (unpaired) electrons. The van der Waals surface area contributed by atoms with Gasteiger partial charge in [-0.1, -0.05) is 15.9 Å². The Balaban J connectivity index is 1.76. The molecule has 2 rings (SSSR count). The van der Waals surface area contributed by atoms with Gasteiger partial charge in [0.2, 0.25) is 0 Å². The average Bonchev–Trinajstić information content (AvgIpc) is 2.90. The van der Waals surface area contributed by atoms with E-state index in [4.69, 9.17) is 4.74 Å². The normalized spacial score (nSPS) is 10.0. The third-order valence-electron chi connectivity index (χ3n) is 2.57. The Kier molecular flexibility index (Phi) is 5.35. The molecule has 0 aliphatic rings. The summed E-state index contributed by atoms with van der Waals surface area (Å²) in [6, 6.07) is 8.96. The van der Waals surface area contributed by atoms with Crippen molar-refractivity contribution in [2.45, 2.75) is 6.92 Å². The van der Waals surface area contributed by atoms with Crippen molar-refractivity contribution in [3.8, 4) is 5.75 Å². The van der Waals surface area contributed by atoms with Crippen LogP contribution in [0.2, 0.25) is 0 Å². The van der Waals surface area contributed by atoms with Crippen LogP contribution in [0.4, 0.5) is 0 Å². The summed E-state index contributed by atoms with van der Waals surface area (Å²) >= 11 is 4.63. The minimum Gasteiger partial charge on any atom is -0.484 e. The van der Waals surface area contributed by atoms with E-state index in [1.807, 2.05) is 30.5 Å². The standard InChI is InChI=1S/C14H13BrN2O3S/c1-9-6-7-21-13(9)14(19)17-16-12(18)8-20-11-4-2-10(15)3-5-11/h2-7H,8H2,1H3,(H,16,18)(H,17,19). The average molecular weight is 369 g/mol. The number of carbonyl (C=O) groups is 2. The first-order valence-corrected chi connectivity index (χ1v) is 7.75. The Labute approximate surface area is 134 Å². The van der Waals surface area contributed by atoms with E-state index in [-0.39, 0.29) is 12.5 Å². The maximum Gasteiger partial charge on any atom is 0.280 e. The molecule has 0 fully saturated rings. The zero-order valence-electron chi connectivity index (χ0n) is 11.2. The lowest BCUT2D eigenvalue weighted by Crippen LogP contribution is -2.43. The molecule has 0 saturated carbocycles. The molecule has 21 heavy (non-hydrogen) atoms. The maximum absolute atomic E-state index is 11.8. The zero-order chi connectivity index (χ0) is 15.2. The smallest absolute Gasteiger partial charge is 0.280 e. The maximum atomic E-state index is 11.8. The van der Waals surface area contributed by atoms with Gasteiger partial charge in [0.1, 0.15) is 5.75 Å². The molecule has 0 bridgehead atoms. The number of hydrazine groups is 1. The lowest BCUT2D eigenvalue weighted by molar-refractivity contribution is -0.123. The molecular formula is C14H13BrN2O3S. The number of carbonyl (C=O) groups excluding carboxylic acids is 2. The van der Waals surface area contributed by atoms with Crippen molar-refractivity contribution >= 4 is 39.1 Å². The van der Waals surface area contributed by atoms with Crippen LogP contribution in [0.25, 0.3) is 0 Å². The van der Waals surface area contributed by atoms with Gasteiger partial charge in [-0.05, 0) is 48.2 Å².